The van der Waals surface area contributed by atoms with Gasteiger partial charge >= 0.3 is 0 Å². The first kappa shape index (κ1) is 13.9. The third-order valence-corrected chi connectivity index (χ3v) is 2.15. The second-order valence-corrected chi connectivity index (χ2v) is 3.45. The van der Waals surface area contributed by atoms with Gasteiger partial charge < -0.3 is 19.3 Å². The lowest BCUT2D eigenvalue weighted by atomic mass is 10.3. The van der Waals surface area contributed by atoms with Crippen molar-refractivity contribution >= 4 is 0 Å². The number of methoxy groups -OCH3 is 1. The number of hydrogen-bond donors (Lipinski definition) is 1. The number of pyridine rings is 1. The van der Waals surface area contributed by atoms with E-state index in [1.54, 1.807) is 25.6 Å². The van der Waals surface area contributed by atoms with Crippen molar-refractivity contribution < 1.29 is 19.3 Å². The number of ether oxygens (including phenoxy) is 3. The smallest absolute Gasteiger partial charge is 0.128 e. The highest BCUT2D eigenvalue weighted by Crippen LogP contribution is 2.15. The van der Waals surface area contributed by atoms with Gasteiger partial charge in [0.15, 0.2) is 0 Å². The summed E-state index contributed by atoms with van der Waals surface area (Å²) >= 11 is 0. The molecule has 0 amide bonds. The minimum absolute atomic E-state index is 0.0716. The van der Waals surface area contributed by atoms with Gasteiger partial charge in [-0.1, -0.05) is 0 Å². The number of aromatic nitrogens is 1. The molecule has 0 aliphatic rings. The quantitative estimate of drug-likeness (QED) is 0.654. The molecule has 5 nitrogen and oxygen atoms in total. The average Bonchev–Trinajstić information content (AvgIpc) is 2.38. The molecule has 0 fully saturated rings. The van der Waals surface area contributed by atoms with Gasteiger partial charge in [0.1, 0.15) is 12.4 Å². The fourth-order valence-electron chi connectivity index (χ4n) is 1.29. The van der Waals surface area contributed by atoms with Crippen LogP contribution in [-0.2, 0) is 16.1 Å². The molecular weight excluding hydrogens is 222 g/mol. The zero-order valence-corrected chi connectivity index (χ0v) is 10.1. The van der Waals surface area contributed by atoms with Crippen molar-refractivity contribution in [2.45, 2.75) is 13.0 Å². The van der Waals surface area contributed by atoms with Gasteiger partial charge in [0.05, 0.1) is 13.2 Å². The highest BCUT2D eigenvalue weighted by molar-refractivity contribution is 5.29. The number of nitrogens with zero attached hydrogens (tertiary/aromatic N) is 1. The summed E-state index contributed by atoms with van der Waals surface area (Å²) in [5, 5.41) is 9.05. The molecule has 0 spiro atoms. The fraction of sp³-hybridized carbons (Fsp3) is 0.583. The van der Waals surface area contributed by atoms with E-state index in [-0.39, 0.29) is 6.61 Å². The molecule has 96 valence electrons. The molecular formula is C12H19NO4. The van der Waals surface area contributed by atoms with Crippen molar-refractivity contribution in [3.63, 3.8) is 0 Å². The maximum Gasteiger partial charge on any atom is 0.128 e. The Balaban J connectivity index is 2.13. The Morgan fingerprint density at radius 1 is 1.24 bits per heavy atom. The Morgan fingerprint density at radius 2 is 2.12 bits per heavy atom. The van der Waals surface area contributed by atoms with E-state index in [0.29, 0.717) is 37.7 Å². The molecule has 0 saturated heterocycles. The Kier molecular flexibility index (Phi) is 7.29. The summed E-state index contributed by atoms with van der Waals surface area (Å²) in [6.07, 6.45) is 4.11. The van der Waals surface area contributed by atoms with E-state index in [0.717, 1.165) is 6.42 Å². The molecule has 1 N–H and O–H groups in total. The number of aliphatic hydroxyl groups excluding tert-OH is 1. The molecule has 0 aliphatic heterocycles. The van der Waals surface area contributed by atoms with Crippen LogP contribution in [0.3, 0.4) is 0 Å². The first-order chi connectivity index (χ1) is 8.38. The molecule has 1 aromatic rings. The second-order valence-electron chi connectivity index (χ2n) is 3.45. The molecule has 0 saturated carbocycles. The van der Waals surface area contributed by atoms with Crippen molar-refractivity contribution in [1.29, 1.82) is 0 Å². The van der Waals surface area contributed by atoms with Crippen LogP contribution in [0.4, 0.5) is 0 Å². The molecule has 0 unspecified atom stereocenters. The van der Waals surface area contributed by atoms with E-state index < -0.39 is 0 Å². The molecule has 0 aromatic carbocycles. The first-order valence-electron chi connectivity index (χ1n) is 5.61. The zero-order chi connectivity index (χ0) is 12.3. The van der Waals surface area contributed by atoms with Crippen LogP contribution in [0, 0.1) is 0 Å². The van der Waals surface area contributed by atoms with E-state index in [9.17, 15) is 0 Å². The summed E-state index contributed by atoms with van der Waals surface area (Å²) < 4.78 is 15.7. The van der Waals surface area contributed by atoms with Gasteiger partial charge in [-0.15, -0.1) is 0 Å². The van der Waals surface area contributed by atoms with E-state index in [2.05, 4.69) is 4.98 Å². The van der Waals surface area contributed by atoms with Crippen LogP contribution < -0.4 is 4.74 Å². The molecule has 1 aromatic heterocycles. The molecule has 1 rings (SSSR count). The molecule has 0 aliphatic carbocycles. The van der Waals surface area contributed by atoms with Crippen LogP contribution in [0.1, 0.15) is 12.0 Å². The Hall–Kier alpha value is -1.17. The van der Waals surface area contributed by atoms with Gasteiger partial charge in [0, 0.05) is 38.3 Å². The maximum atomic E-state index is 9.05. The average molecular weight is 241 g/mol. The molecule has 0 radical (unpaired) electrons. The largest absolute Gasteiger partial charge is 0.491 e. The highest BCUT2D eigenvalue weighted by atomic mass is 16.5. The van der Waals surface area contributed by atoms with Crippen LogP contribution >= 0.6 is 0 Å². The van der Waals surface area contributed by atoms with Crippen molar-refractivity contribution in [2.24, 2.45) is 0 Å². The second kappa shape index (κ2) is 8.92. The lowest BCUT2D eigenvalue weighted by molar-refractivity contribution is 0.0800. The predicted molar refractivity (Wildman–Crippen MR) is 63.0 cm³/mol. The SMILES string of the molecule is COCCCOCCOc1ccncc1CO. The van der Waals surface area contributed by atoms with Crippen molar-refractivity contribution in [1.82, 2.24) is 4.98 Å². The third kappa shape index (κ3) is 5.63. The van der Waals surface area contributed by atoms with Crippen LogP contribution in [0.25, 0.3) is 0 Å². The molecule has 1 heterocycles. The van der Waals surface area contributed by atoms with E-state index in [1.807, 2.05) is 0 Å². The number of rotatable bonds is 9. The van der Waals surface area contributed by atoms with E-state index in [1.165, 1.54) is 0 Å². The van der Waals surface area contributed by atoms with E-state index >= 15 is 0 Å². The lowest BCUT2D eigenvalue weighted by Crippen LogP contribution is -2.09. The van der Waals surface area contributed by atoms with Gasteiger partial charge in [-0.2, -0.15) is 0 Å². The Morgan fingerprint density at radius 3 is 2.88 bits per heavy atom. The third-order valence-electron chi connectivity index (χ3n) is 2.15. The molecule has 17 heavy (non-hydrogen) atoms. The minimum atomic E-state index is -0.0716. The van der Waals surface area contributed by atoms with Gasteiger partial charge in [-0.3, -0.25) is 4.98 Å². The minimum Gasteiger partial charge on any atom is -0.491 e. The van der Waals surface area contributed by atoms with Gasteiger partial charge in [-0.25, -0.2) is 0 Å². The fourth-order valence-corrected chi connectivity index (χ4v) is 1.29. The first-order valence-corrected chi connectivity index (χ1v) is 5.61. The maximum absolute atomic E-state index is 9.05. The standard InChI is InChI=1S/C12H19NO4/c1-15-5-2-6-16-7-8-17-12-3-4-13-9-11(12)10-14/h3-4,9,14H,2,5-8,10H2,1H3. The summed E-state index contributed by atoms with van der Waals surface area (Å²) in [6.45, 7) is 2.29. The molecule has 0 atom stereocenters. The van der Waals surface area contributed by atoms with Gasteiger partial charge in [-0.05, 0) is 12.5 Å². The van der Waals surface area contributed by atoms with Crippen molar-refractivity contribution in [3.8, 4) is 5.75 Å². The normalized spacial score (nSPS) is 10.5. The summed E-state index contributed by atoms with van der Waals surface area (Å²) in [6, 6.07) is 1.73. The summed E-state index contributed by atoms with van der Waals surface area (Å²) in [4.78, 5) is 3.91. The Bertz CT molecular complexity index is 306. The van der Waals surface area contributed by atoms with Gasteiger partial charge in [0.2, 0.25) is 0 Å². The molecule has 5 heteroatoms. The highest BCUT2D eigenvalue weighted by Gasteiger charge is 2.01. The lowest BCUT2D eigenvalue weighted by Gasteiger charge is -2.09. The van der Waals surface area contributed by atoms with E-state index in [4.69, 9.17) is 19.3 Å². The summed E-state index contributed by atoms with van der Waals surface area (Å²) in [7, 11) is 1.67. The Labute approximate surface area is 101 Å². The van der Waals surface area contributed by atoms with Crippen LogP contribution in [0.15, 0.2) is 18.5 Å². The number of hydrogen-bond acceptors (Lipinski definition) is 5. The predicted octanol–water partition coefficient (Wildman–Crippen LogP) is 1.01. The summed E-state index contributed by atoms with van der Waals surface area (Å²) in [5.41, 5.74) is 0.687. The zero-order valence-electron chi connectivity index (χ0n) is 10.1. The van der Waals surface area contributed by atoms with Crippen LogP contribution in [-0.4, -0.2) is 43.6 Å². The van der Waals surface area contributed by atoms with Crippen LogP contribution in [0.2, 0.25) is 0 Å². The van der Waals surface area contributed by atoms with Crippen molar-refractivity contribution in [3.05, 3.63) is 24.0 Å². The van der Waals surface area contributed by atoms with Crippen molar-refractivity contribution in [2.75, 3.05) is 33.5 Å². The molecule has 0 bridgehead atoms. The van der Waals surface area contributed by atoms with Crippen LogP contribution in [0.5, 0.6) is 5.75 Å². The number of aliphatic hydroxyl groups is 1. The monoisotopic (exact) mass is 241 g/mol. The van der Waals surface area contributed by atoms with Gasteiger partial charge in [0.25, 0.3) is 0 Å². The summed E-state index contributed by atoms with van der Waals surface area (Å²) in [5.74, 6) is 0.656. The topological polar surface area (TPSA) is 60.8 Å².